The van der Waals surface area contributed by atoms with Crippen molar-refractivity contribution in [3.05, 3.63) is 124 Å². The lowest BCUT2D eigenvalue weighted by Gasteiger charge is -2.15. The number of aliphatic imine (C=N–C) groups is 1. The second-order valence-electron chi connectivity index (χ2n) is 7.50. The Bertz CT molecular complexity index is 1350. The molecule has 1 saturated heterocycles. The molecular weight excluding hydrogens is 494 g/mol. The molecular formula is C27H20BrN3OS. The van der Waals surface area contributed by atoms with Crippen LogP contribution in [0.1, 0.15) is 11.3 Å². The van der Waals surface area contributed by atoms with Gasteiger partial charge in [-0.15, -0.1) is 0 Å². The number of nitrogens with zero attached hydrogens (tertiary/aromatic N) is 3. The molecule has 0 saturated carbocycles. The van der Waals surface area contributed by atoms with Gasteiger partial charge in [0, 0.05) is 22.1 Å². The molecule has 3 aromatic carbocycles. The molecule has 5 rings (SSSR count). The summed E-state index contributed by atoms with van der Waals surface area (Å²) in [5.74, 6) is -0.0412. The summed E-state index contributed by atoms with van der Waals surface area (Å²) >= 11 is 4.95. The first kappa shape index (κ1) is 21.5. The molecule has 33 heavy (non-hydrogen) atoms. The number of thioether (sulfide) groups is 1. The monoisotopic (exact) mass is 513 g/mol. The minimum atomic E-state index is -0.0412. The van der Waals surface area contributed by atoms with Gasteiger partial charge in [0.25, 0.3) is 5.91 Å². The predicted octanol–water partition coefficient (Wildman–Crippen LogP) is 7.04. The Labute approximate surface area is 205 Å². The predicted molar refractivity (Wildman–Crippen MR) is 140 cm³/mol. The Hall–Kier alpha value is -3.35. The van der Waals surface area contributed by atoms with Crippen LogP contribution in [0.4, 0.5) is 5.69 Å². The van der Waals surface area contributed by atoms with Gasteiger partial charge in [0.15, 0.2) is 5.17 Å². The van der Waals surface area contributed by atoms with Crippen molar-refractivity contribution in [1.82, 2.24) is 9.47 Å². The first-order valence-corrected chi connectivity index (χ1v) is 12.1. The summed E-state index contributed by atoms with van der Waals surface area (Å²) in [6.07, 6.45) is 3.94. The van der Waals surface area contributed by atoms with Crippen molar-refractivity contribution in [1.29, 1.82) is 0 Å². The number of carbonyl (C=O) groups is 1. The number of rotatable bonds is 5. The molecule has 6 heteroatoms. The van der Waals surface area contributed by atoms with Crippen molar-refractivity contribution in [2.24, 2.45) is 4.99 Å². The van der Waals surface area contributed by atoms with Gasteiger partial charge in [0.05, 0.1) is 17.1 Å². The summed E-state index contributed by atoms with van der Waals surface area (Å²) in [6.45, 7) is 0.475. The fourth-order valence-electron chi connectivity index (χ4n) is 3.62. The van der Waals surface area contributed by atoms with Crippen LogP contribution in [0.25, 0.3) is 11.8 Å². The van der Waals surface area contributed by atoms with E-state index in [0.717, 1.165) is 27.1 Å². The largest absolute Gasteiger partial charge is 0.317 e. The molecule has 4 nitrogen and oxygen atoms in total. The van der Waals surface area contributed by atoms with Gasteiger partial charge in [-0.3, -0.25) is 9.69 Å². The third-order valence-corrected chi connectivity index (χ3v) is 6.70. The van der Waals surface area contributed by atoms with E-state index >= 15 is 0 Å². The highest BCUT2D eigenvalue weighted by Crippen LogP contribution is 2.35. The zero-order chi connectivity index (χ0) is 22.6. The first-order valence-electron chi connectivity index (χ1n) is 10.5. The minimum Gasteiger partial charge on any atom is -0.317 e. The molecule has 0 N–H and O–H groups in total. The van der Waals surface area contributed by atoms with Crippen molar-refractivity contribution in [3.63, 3.8) is 0 Å². The van der Waals surface area contributed by atoms with Crippen molar-refractivity contribution >= 4 is 50.5 Å². The summed E-state index contributed by atoms with van der Waals surface area (Å²) in [6, 6.07) is 31.8. The second-order valence-corrected chi connectivity index (χ2v) is 9.43. The number of aromatic nitrogens is 1. The van der Waals surface area contributed by atoms with Crippen molar-refractivity contribution in [3.8, 4) is 5.69 Å². The number of halogens is 1. The molecule has 0 aliphatic carbocycles. The van der Waals surface area contributed by atoms with Gasteiger partial charge in [-0.1, -0.05) is 70.5 Å². The topological polar surface area (TPSA) is 37.6 Å². The minimum absolute atomic E-state index is 0.0412. The maximum Gasteiger partial charge on any atom is 0.267 e. The molecule has 2 heterocycles. The Balaban J connectivity index is 1.52. The van der Waals surface area contributed by atoms with Gasteiger partial charge in [0.2, 0.25) is 0 Å². The van der Waals surface area contributed by atoms with Gasteiger partial charge >= 0.3 is 0 Å². The highest BCUT2D eigenvalue weighted by Gasteiger charge is 2.33. The second kappa shape index (κ2) is 9.65. The van der Waals surface area contributed by atoms with Crippen LogP contribution in [0.3, 0.4) is 0 Å². The average Bonchev–Trinajstić information content (AvgIpc) is 3.41. The molecule has 0 spiro atoms. The maximum absolute atomic E-state index is 13.5. The summed E-state index contributed by atoms with van der Waals surface area (Å²) < 4.78 is 3.07. The van der Waals surface area contributed by atoms with E-state index in [4.69, 9.17) is 4.99 Å². The SMILES string of the molecule is O=C1/C(=C/c2cccn2-c2cccc(Br)c2)SC(=Nc2ccccc2)N1Cc1ccccc1. The zero-order valence-electron chi connectivity index (χ0n) is 17.6. The van der Waals surface area contributed by atoms with Crippen LogP contribution in [-0.2, 0) is 11.3 Å². The van der Waals surface area contributed by atoms with E-state index in [1.807, 2.05) is 103 Å². The number of amides is 1. The average molecular weight is 514 g/mol. The number of para-hydroxylation sites is 1. The molecule has 0 unspecified atom stereocenters. The lowest BCUT2D eigenvalue weighted by Crippen LogP contribution is -2.28. The third-order valence-electron chi connectivity index (χ3n) is 5.20. The molecule has 4 aromatic rings. The van der Waals surface area contributed by atoms with Crippen LogP contribution < -0.4 is 0 Å². The quantitative estimate of drug-likeness (QED) is 0.268. The lowest BCUT2D eigenvalue weighted by molar-refractivity contribution is -0.122. The number of carbonyl (C=O) groups excluding carboxylic acids is 1. The Morgan fingerprint density at radius 3 is 2.39 bits per heavy atom. The standard InChI is InChI=1S/C27H20BrN3OS/c28-21-11-7-14-23(17-21)30-16-8-15-24(30)18-25-26(32)31(19-20-9-3-1-4-10-20)27(33-25)29-22-12-5-2-6-13-22/h1-18H,19H2/b25-18-,29-27?. The number of hydrogen-bond acceptors (Lipinski definition) is 3. The Morgan fingerprint density at radius 2 is 1.64 bits per heavy atom. The molecule has 0 radical (unpaired) electrons. The number of hydrogen-bond donors (Lipinski definition) is 0. The van der Waals surface area contributed by atoms with Crippen molar-refractivity contribution < 1.29 is 4.79 Å². The number of amidine groups is 1. The van der Waals surface area contributed by atoms with Crippen LogP contribution in [0.15, 0.2) is 118 Å². The molecule has 1 aliphatic heterocycles. The van der Waals surface area contributed by atoms with Crippen LogP contribution >= 0.6 is 27.7 Å². The first-order chi connectivity index (χ1) is 16.2. The van der Waals surface area contributed by atoms with Gasteiger partial charge in [0.1, 0.15) is 0 Å². The maximum atomic E-state index is 13.5. The normalized spacial score (nSPS) is 16.2. The fraction of sp³-hybridized carbons (Fsp3) is 0.0370. The summed E-state index contributed by atoms with van der Waals surface area (Å²) in [4.78, 5) is 20.7. The highest BCUT2D eigenvalue weighted by molar-refractivity contribution is 9.10. The van der Waals surface area contributed by atoms with Crippen LogP contribution in [0.2, 0.25) is 0 Å². The van der Waals surface area contributed by atoms with Crippen LogP contribution in [0.5, 0.6) is 0 Å². The molecule has 162 valence electrons. The Kier molecular flexibility index (Phi) is 6.28. The molecule has 1 fully saturated rings. The van der Waals surface area contributed by atoms with Crippen molar-refractivity contribution in [2.45, 2.75) is 6.54 Å². The molecule has 1 aromatic heterocycles. The van der Waals surface area contributed by atoms with E-state index in [2.05, 4.69) is 26.6 Å². The van der Waals surface area contributed by atoms with Gasteiger partial charge in [-0.25, -0.2) is 4.99 Å². The van der Waals surface area contributed by atoms with E-state index in [1.165, 1.54) is 11.8 Å². The van der Waals surface area contributed by atoms with Gasteiger partial charge < -0.3 is 4.57 Å². The molecule has 1 amide bonds. The molecule has 0 bridgehead atoms. The van der Waals surface area contributed by atoms with E-state index in [-0.39, 0.29) is 5.91 Å². The molecule has 0 atom stereocenters. The molecule has 1 aliphatic rings. The lowest BCUT2D eigenvalue weighted by atomic mass is 10.2. The van der Waals surface area contributed by atoms with E-state index in [9.17, 15) is 4.79 Å². The van der Waals surface area contributed by atoms with E-state index in [1.54, 1.807) is 4.90 Å². The van der Waals surface area contributed by atoms with Crippen LogP contribution in [0, 0.1) is 0 Å². The van der Waals surface area contributed by atoms with Crippen molar-refractivity contribution in [2.75, 3.05) is 0 Å². The summed E-state index contributed by atoms with van der Waals surface area (Å²) in [7, 11) is 0. The summed E-state index contributed by atoms with van der Waals surface area (Å²) in [5.41, 5.74) is 3.84. The van der Waals surface area contributed by atoms with Gasteiger partial charge in [-0.05, 0) is 65.9 Å². The highest BCUT2D eigenvalue weighted by atomic mass is 79.9. The van der Waals surface area contributed by atoms with Gasteiger partial charge in [-0.2, -0.15) is 0 Å². The van der Waals surface area contributed by atoms with Crippen LogP contribution in [-0.4, -0.2) is 20.5 Å². The number of benzene rings is 3. The fourth-order valence-corrected chi connectivity index (χ4v) is 4.99. The van der Waals surface area contributed by atoms with E-state index < -0.39 is 0 Å². The Morgan fingerprint density at radius 1 is 0.879 bits per heavy atom. The zero-order valence-corrected chi connectivity index (χ0v) is 20.0. The third kappa shape index (κ3) is 4.87. The smallest absolute Gasteiger partial charge is 0.267 e. The van der Waals surface area contributed by atoms with E-state index in [0.29, 0.717) is 16.6 Å². The summed E-state index contributed by atoms with van der Waals surface area (Å²) in [5, 5.41) is 0.682.